The molecule has 0 aliphatic rings. The van der Waals surface area contributed by atoms with Crippen LogP contribution in [0.15, 0.2) is 0 Å². The molecule has 0 spiro atoms. The average molecular weight is 252 g/mol. The first-order chi connectivity index (χ1) is 7.52. The molecule has 16 heavy (non-hydrogen) atoms. The average Bonchev–Trinajstić information content (AvgIpc) is 2.22. The molecule has 0 aliphatic carbocycles. The molecule has 6 heteroatoms. The Labute approximate surface area is 99.0 Å². The Morgan fingerprint density at radius 2 is 2.00 bits per heavy atom. The summed E-state index contributed by atoms with van der Waals surface area (Å²) in [4.78, 5) is 0. The largest absolute Gasteiger partial charge is 0.377 e. The number of hydrogen-bond donors (Lipinski definition) is 2. The van der Waals surface area contributed by atoms with Crippen molar-refractivity contribution in [2.75, 3.05) is 32.5 Å². The number of unbranched alkanes of at least 4 members (excludes halogenated alkanes) is 1. The summed E-state index contributed by atoms with van der Waals surface area (Å²) in [5, 5.41) is 2.99. The van der Waals surface area contributed by atoms with Crippen LogP contribution in [0.4, 0.5) is 0 Å². The number of rotatable bonds is 10. The van der Waals surface area contributed by atoms with Crippen LogP contribution < -0.4 is 10.0 Å². The summed E-state index contributed by atoms with van der Waals surface area (Å²) in [5.74, 6) is 0.188. The lowest BCUT2D eigenvalue weighted by Gasteiger charge is -2.12. The molecule has 0 amide bonds. The first-order valence-electron chi connectivity index (χ1n) is 5.75. The predicted molar refractivity (Wildman–Crippen MR) is 66.0 cm³/mol. The standard InChI is InChI=1S/C10H24N2O3S/c1-4-15-10(2)9-12-16(13,14)8-6-5-7-11-3/h10-12H,4-9H2,1-3H3. The van der Waals surface area contributed by atoms with E-state index in [-0.39, 0.29) is 11.9 Å². The number of nitrogens with one attached hydrogen (secondary N) is 2. The van der Waals surface area contributed by atoms with Crippen LogP contribution in [0, 0.1) is 0 Å². The molecule has 0 rings (SSSR count). The van der Waals surface area contributed by atoms with Crippen LogP contribution in [-0.2, 0) is 14.8 Å². The van der Waals surface area contributed by atoms with Gasteiger partial charge in [-0.2, -0.15) is 0 Å². The van der Waals surface area contributed by atoms with Crippen molar-refractivity contribution in [1.29, 1.82) is 0 Å². The summed E-state index contributed by atoms with van der Waals surface area (Å²) in [5.41, 5.74) is 0. The van der Waals surface area contributed by atoms with E-state index in [1.165, 1.54) is 0 Å². The molecule has 0 aromatic heterocycles. The highest BCUT2D eigenvalue weighted by Crippen LogP contribution is 1.95. The zero-order valence-electron chi connectivity index (χ0n) is 10.5. The van der Waals surface area contributed by atoms with Crippen LogP contribution in [0.2, 0.25) is 0 Å². The van der Waals surface area contributed by atoms with Gasteiger partial charge in [-0.05, 0) is 40.3 Å². The van der Waals surface area contributed by atoms with E-state index in [9.17, 15) is 8.42 Å². The Bertz CT molecular complexity index is 255. The Morgan fingerprint density at radius 3 is 2.56 bits per heavy atom. The Morgan fingerprint density at radius 1 is 1.31 bits per heavy atom. The molecule has 0 aromatic rings. The summed E-state index contributed by atoms with van der Waals surface area (Å²) >= 11 is 0. The fraction of sp³-hybridized carbons (Fsp3) is 1.00. The van der Waals surface area contributed by atoms with Crippen molar-refractivity contribution in [3.05, 3.63) is 0 Å². The summed E-state index contributed by atoms with van der Waals surface area (Å²) in [6, 6.07) is 0. The van der Waals surface area contributed by atoms with Crippen LogP contribution >= 0.6 is 0 Å². The lowest BCUT2D eigenvalue weighted by Crippen LogP contribution is -2.33. The fourth-order valence-electron chi connectivity index (χ4n) is 1.25. The van der Waals surface area contributed by atoms with Gasteiger partial charge in [-0.25, -0.2) is 13.1 Å². The highest BCUT2D eigenvalue weighted by atomic mass is 32.2. The van der Waals surface area contributed by atoms with Crippen molar-refractivity contribution in [2.45, 2.75) is 32.8 Å². The van der Waals surface area contributed by atoms with E-state index in [1.54, 1.807) is 0 Å². The monoisotopic (exact) mass is 252 g/mol. The number of sulfonamides is 1. The quantitative estimate of drug-likeness (QED) is 0.550. The third-order valence-electron chi connectivity index (χ3n) is 2.13. The SMILES string of the molecule is CCOC(C)CNS(=O)(=O)CCCCNC. The molecule has 0 saturated carbocycles. The van der Waals surface area contributed by atoms with Crippen molar-refractivity contribution < 1.29 is 13.2 Å². The maximum absolute atomic E-state index is 11.5. The summed E-state index contributed by atoms with van der Waals surface area (Å²) < 4.78 is 30.8. The summed E-state index contributed by atoms with van der Waals surface area (Å²) in [6.45, 7) is 5.55. The van der Waals surface area contributed by atoms with Gasteiger partial charge in [-0.15, -0.1) is 0 Å². The van der Waals surface area contributed by atoms with Gasteiger partial charge in [0.15, 0.2) is 0 Å². The highest BCUT2D eigenvalue weighted by molar-refractivity contribution is 7.89. The van der Waals surface area contributed by atoms with Gasteiger partial charge < -0.3 is 10.1 Å². The Hall–Kier alpha value is -0.170. The molecular formula is C10H24N2O3S. The fourth-order valence-corrected chi connectivity index (χ4v) is 2.47. The lowest BCUT2D eigenvalue weighted by atomic mass is 10.3. The summed E-state index contributed by atoms with van der Waals surface area (Å²) in [6.07, 6.45) is 1.48. The molecule has 0 aliphatic heterocycles. The minimum Gasteiger partial charge on any atom is -0.377 e. The molecular weight excluding hydrogens is 228 g/mol. The van der Waals surface area contributed by atoms with Gasteiger partial charge in [0.05, 0.1) is 11.9 Å². The van der Waals surface area contributed by atoms with E-state index >= 15 is 0 Å². The van der Waals surface area contributed by atoms with E-state index in [1.807, 2.05) is 20.9 Å². The second-order valence-corrected chi connectivity index (χ2v) is 5.67. The van der Waals surface area contributed by atoms with Crippen LogP contribution in [0.25, 0.3) is 0 Å². The molecule has 0 bridgehead atoms. The first kappa shape index (κ1) is 15.8. The third-order valence-corrected chi connectivity index (χ3v) is 3.56. The van der Waals surface area contributed by atoms with E-state index in [2.05, 4.69) is 10.0 Å². The van der Waals surface area contributed by atoms with Crippen molar-refractivity contribution in [1.82, 2.24) is 10.0 Å². The maximum atomic E-state index is 11.5. The van der Waals surface area contributed by atoms with E-state index in [0.29, 0.717) is 19.6 Å². The molecule has 0 aromatic carbocycles. The second-order valence-electron chi connectivity index (χ2n) is 3.74. The minimum atomic E-state index is -3.13. The molecule has 1 atom stereocenters. The van der Waals surface area contributed by atoms with E-state index in [4.69, 9.17) is 4.74 Å². The van der Waals surface area contributed by atoms with Gasteiger partial charge >= 0.3 is 0 Å². The van der Waals surface area contributed by atoms with Gasteiger partial charge in [-0.3, -0.25) is 0 Å². The van der Waals surface area contributed by atoms with Gasteiger partial charge in [0.25, 0.3) is 0 Å². The highest BCUT2D eigenvalue weighted by Gasteiger charge is 2.11. The topological polar surface area (TPSA) is 67.4 Å². The molecule has 98 valence electrons. The van der Waals surface area contributed by atoms with E-state index in [0.717, 1.165) is 13.0 Å². The lowest BCUT2D eigenvalue weighted by molar-refractivity contribution is 0.0799. The van der Waals surface area contributed by atoms with Crippen LogP contribution in [0.3, 0.4) is 0 Å². The second kappa shape index (κ2) is 8.92. The molecule has 0 radical (unpaired) electrons. The molecule has 1 unspecified atom stereocenters. The minimum absolute atomic E-state index is 0.0721. The smallest absolute Gasteiger partial charge is 0.211 e. The summed E-state index contributed by atoms with van der Waals surface area (Å²) in [7, 11) is -1.28. The third kappa shape index (κ3) is 9.08. The first-order valence-corrected chi connectivity index (χ1v) is 7.40. The van der Waals surface area contributed by atoms with Crippen LogP contribution in [0.1, 0.15) is 26.7 Å². The Kier molecular flexibility index (Phi) is 8.83. The predicted octanol–water partition coefficient (Wildman–Crippen LogP) is 0.330. The van der Waals surface area contributed by atoms with Gasteiger partial charge in [0.1, 0.15) is 0 Å². The molecule has 0 saturated heterocycles. The molecule has 5 nitrogen and oxygen atoms in total. The van der Waals surface area contributed by atoms with Crippen molar-refractivity contribution in [3.8, 4) is 0 Å². The van der Waals surface area contributed by atoms with Crippen molar-refractivity contribution in [2.24, 2.45) is 0 Å². The zero-order chi connectivity index (χ0) is 12.4. The molecule has 0 fully saturated rings. The Balaban J connectivity index is 3.70. The van der Waals surface area contributed by atoms with Crippen LogP contribution in [-0.4, -0.2) is 47.0 Å². The number of hydrogen-bond acceptors (Lipinski definition) is 4. The molecule has 0 heterocycles. The van der Waals surface area contributed by atoms with Crippen LogP contribution in [0.5, 0.6) is 0 Å². The van der Waals surface area contributed by atoms with Gasteiger partial charge in [0, 0.05) is 13.2 Å². The van der Waals surface area contributed by atoms with Gasteiger partial charge in [-0.1, -0.05) is 0 Å². The molecule has 2 N–H and O–H groups in total. The van der Waals surface area contributed by atoms with E-state index < -0.39 is 10.0 Å². The normalized spacial score (nSPS) is 13.9. The van der Waals surface area contributed by atoms with Crippen molar-refractivity contribution >= 4 is 10.0 Å². The zero-order valence-corrected chi connectivity index (χ0v) is 11.3. The maximum Gasteiger partial charge on any atom is 0.211 e. The number of ether oxygens (including phenoxy) is 1. The van der Waals surface area contributed by atoms with Crippen molar-refractivity contribution in [3.63, 3.8) is 0 Å². The van der Waals surface area contributed by atoms with Gasteiger partial charge in [0.2, 0.25) is 10.0 Å².